The van der Waals surface area contributed by atoms with Gasteiger partial charge in [-0.3, -0.25) is 9.69 Å². The Kier molecular flexibility index (Phi) is 5.67. The first-order chi connectivity index (χ1) is 11.1. The molecular weight excluding hydrogens is 326 g/mol. The van der Waals surface area contributed by atoms with Crippen LogP contribution in [0.3, 0.4) is 0 Å². The summed E-state index contributed by atoms with van der Waals surface area (Å²) >= 11 is 0. The second kappa shape index (κ2) is 7.21. The SMILES string of the molecule is CC(C)(C)c1ccc(S(=O)(=O)NC2CCCN(CC(N)=O)C2)cc1. The lowest BCUT2D eigenvalue weighted by Gasteiger charge is -2.32. The molecule has 7 heteroatoms. The predicted molar refractivity (Wildman–Crippen MR) is 94.1 cm³/mol. The van der Waals surface area contributed by atoms with E-state index in [-0.39, 0.29) is 22.9 Å². The molecule has 1 aromatic rings. The normalized spacial score (nSPS) is 20.0. The van der Waals surface area contributed by atoms with Crippen LogP contribution in [-0.2, 0) is 20.2 Å². The van der Waals surface area contributed by atoms with Crippen molar-refractivity contribution in [1.82, 2.24) is 9.62 Å². The Balaban J connectivity index is 2.06. The molecule has 1 amide bonds. The summed E-state index contributed by atoms with van der Waals surface area (Å²) in [6.45, 7) is 7.69. The maximum Gasteiger partial charge on any atom is 0.240 e. The predicted octanol–water partition coefficient (Wildman–Crippen LogP) is 1.21. The summed E-state index contributed by atoms with van der Waals surface area (Å²) in [6, 6.07) is 6.80. The van der Waals surface area contributed by atoms with Gasteiger partial charge in [-0.05, 0) is 42.5 Å². The molecule has 0 aromatic heterocycles. The number of rotatable bonds is 5. The van der Waals surface area contributed by atoms with Gasteiger partial charge in [-0.15, -0.1) is 0 Å². The number of amides is 1. The van der Waals surface area contributed by atoms with Crippen LogP contribution in [0, 0.1) is 0 Å². The van der Waals surface area contributed by atoms with E-state index in [4.69, 9.17) is 5.73 Å². The van der Waals surface area contributed by atoms with Crippen LogP contribution in [0.2, 0.25) is 0 Å². The molecule has 1 aliphatic heterocycles. The van der Waals surface area contributed by atoms with Crippen LogP contribution < -0.4 is 10.5 Å². The molecule has 1 saturated heterocycles. The number of sulfonamides is 1. The highest BCUT2D eigenvalue weighted by Crippen LogP contribution is 2.23. The minimum absolute atomic E-state index is 0.0195. The van der Waals surface area contributed by atoms with Gasteiger partial charge in [-0.25, -0.2) is 13.1 Å². The van der Waals surface area contributed by atoms with Gasteiger partial charge in [-0.1, -0.05) is 32.9 Å². The largest absolute Gasteiger partial charge is 0.369 e. The number of nitrogens with one attached hydrogen (secondary N) is 1. The number of likely N-dealkylation sites (tertiary alicyclic amines) is 1. The van der Waals surface area contributed by atoms with Crippen LogP contribution in [0.1, 0.15) is 39.2 Å². The van der Waals surface area contributed by atoms with Crippen molar-refractivity contribution >= 4 is 15.9 Å². The van der Waals surface area contributed by atoms with Crippen molar-refractivity contribution in [2.75, 3.05) is 19.6 Å². The Hall–Kier alpha value is -1.44. The molecule has 1 fully saturated rings. The van der Waals surface area contributed by atoms with Gasteiger partial charge >= 0.3 is 0 Å². The van der Waals surface area contributed by atoms with Gasteiger partial charge < -0.3 is 5.73 Å². The van der Waals surface area contributed by atoms with E-state index in [2.05, 4.69) is 25.5 Å². The lowest BCUT2D eigenvalue weighted by molar-refractivity contribution is -0.119. The third kappa shape index (κ3) is 5.03. The highest BCUT2D eigenvalue weighted by atomic mass is 32.2. The maximum atomic E-state index is 12.6. The van der Waals surface area contributed by atoms with Gasteiger partial charge in [0.15, 0.2) is 0 Å². The van der Waals surface area contributed by atoms with Gasteiger partial charge in [0.1, 0.15) is 0 Å². The van der Waals surface area contributed by atoms with Crippen LogP contribution >= 0.6 is 0 Å². The highest BCUT2D eigenvalue weighted by Gasteiger charge is 2.26. The van der Waals surface area contributed by atoms with Crippen molar-refractivity contribution in [3.8, 4) is 0 Å². The fourth-order valence-electron chi connectivity index (χ4n) is 2.94. The molecule has 0 aliphatic carbocycles. The molecule has 0 bridgehead atoms. The monoisotopic (exact) mass is 353 g/mol. The molecule has 134 valence electrons. The standard InChI is InChI=1S/C17H27N3O3S/c1-17(2,3)13-6-8-15(9-7-13)24(22,23)19-14-5-4-10-20(11-14)12-16(18)21/h6-9,14,19H,4-5,10-12H2,1-3H3,(H2,18,21). The second-order valence-electron chi connectivity index (χ2n) is 7.44. The van der Waals surface area contributed by atoms with Crippen molar-refractivity contribution in [2.45, 2.75) is 50.0 Å². The molecule has 1 aromatic carbocycles. The van der Waals surface area contributed by atoms with Crippen molar-refractivity contribution in [2.24, 2.45) is 5.73 Å². The van der Waals surface area contributed by atoms with Gasteiger partial charge in [0.2, 0.25) is 15.9 Å². The molecule has 0 radical (unpaired) electrons. The van der Waals surface area contributed by atoms with E-state index < -0.39 is 15.9 Å². The smallest absolute Gasteiger partial charge is 0.240 e. The first kappa shape index (κ1) is 18.9. The molecule has 1 heterocycles. The molecule has 1 unspecified atom stereocenters. The Morgan fingerprint density at radius 1 is 1.29 bits per heavy atom. The van der Waals surface area contributed by atoms with E-state index in [1.165, 1.54) is 0 Å². The van der Waals surface area contributed by atoms with Crippen LogP contribution in [0.25, 0.3) is 0 Å². The Bertz CT molecular complexity index is 678. The summed E-state index contributed by atoms with van der Waals surface area (Å²) in [6.07, 6.45) is 1.60. The van der Waals surface area contributed by atoms with Gasteiger partial charge in [0, 0.05) is 12.6 Å². The van der Waals surface area contributed by atoms with E-state index in [1.54, 1.807) is 12.1 Å². The topological polar surface area (TPSA) is 92.5 Å². The summed E-state index contributed by atoms with van der Waals surface area (Å²) < 4.78 is 27.9. The summed E-state index contributed by atoms with van der Waals surface area (Å²) in [7, 11) is -3.57. The molecule has 0 saturated carbocycles. The summed E-state index contributed by atoms with van der Waals surface area (Å²) in [5, 5.41) is 0. The Morgan fingerprint density at radius 3 is 2.46 bits per heavy atom. The zero-order valence-corrected chi connectivity index (χ0v) is 15.4. The number of benzene rings is 1. The number of carbonyl (C=O) groups is 1. The maximum absolute atomic E-state index is 12.6. The Labute approximate surface area is 144 Å². The molecule has 1 atom stereocenters. The number of primary amides is 1. The first-order valence-electron chi connectivity index (χ1n) is 8.21. The van der Waals surface area contributed by atoms with E-state index in [0.29, 0.717) is 6.54 Å². The fourth-order valence-corrected chi connectivity index (χ4v) is 4.20. The van der Waals surface area contributed by atoms with Crippen LogP contribution in [0.15, 0.2) is 29.2 Å². The zero-order valence-electron chi connectivity index (χ0n) is 14.6. The number of piperidine rings is 1. The molecule has 1 aliphatic rings. The third-order valence-electron chi connectivity index (χ3n) is 4.24. The lowest BCUT2D eigenvalue weighted by Crippen LogP contribution is -2.49. The average Bonchev–Trinajstić information content (AvgIpc) is 2.45. The second-order valence-corrected chi connectivity index (χ2v) is 9.15. The molecule has 3 N–H and O–H groups in total. The number of hydrogen-bond donors (Lipinski definition) is 2. The third-order valence-corrected chi connectivity index (χ3v) is 5.77. The number of nitrogens with zero attached hydrogens (tertiary/aromatic N) is 1. The number of nitrogens with two attached hydrogens (primary N) is 1. The highest BCUT2D eigenvalue weighted by molar-refractivity contribution is 7.89. The quantitative estimate of drug-likeness (QED) is 0.832. The fraction of sp³-hybridized carbons (Fsp3) is 0.588. The summed E-state index contributed by atoms with van der Waals surface area (Å²) in [5.74, 6) is -0.392. The van der Waals surface area contributed by atoms with Gasteiger partial charge in [0.05, 0.1) is 11.4 Å². The number of hydrogen-bond acceptors (Lipinski definition) is 4. The van der Waals surface area contributed by atoms with Crippen LogP contribution in [-0.4, -0.2) is 44.9 Å². The van der Waals surface area contributed by atoms with E-state index in [0.717, 1.165) is 24.9 Å². The van der Waals surface area contributed by atoms with Crippen molar-refractivity contribution in [3.05, 3.63) is 29.8 Å². The van der Waals surface area contributed by atoms with Crippen molar-refractivity contribution in [1.29, 1.82) is 0 Å². The summed E-state index contributed by atoms with van der Waals surface area (Å²) in [5.41, 5.74) is 6.29. The van der Waals surface area contributed by atoms with Gasteiger partial charge in [-0.2, -0.15) is 0 Å². The van der Waals surface area contributed by atoms with Crippen LogP contribution in [0.5, 0.6) is 0 Å². The van der Waals surface area contributed by atoms with Crippen molar-refractivity contribution < 1.29 is 13.2 Å². The minimum Gasteiger partial charge on any atom is -0.369 e. The minimum atomic E-state index is -3.57. The van der Waals surface area contributed by atoms with E-state index in [1.807, 2.05) is 17.0 Å². The van der Waals surface area contributed by atoms with E-state index >= 15 is 0 Å². The summed E-state index contributed by atoms with van der Waals surface area (Å²) in [4.78, 5) is 13.2. The average molecular weight is 353 g/mol. The lowest BCUT2D eigenvalue weighted by atomic mass is 9.87. The van der Waals surface area contributed by atoms with Gasteiger partial charge in [0.25, 0.3) is 0 Å². The Morgan fingerprint density at radius 2 is 1.92 bits per heavy atom. The molecule has 6 nitrogen and oxygen atoms in total. The van der Waals surface area contributed by atoms with Crippen LogP contribution in [0.4, 0.5) is 0 Å². The zero-order chi connectivity index (χ0) is 18.0. The van der Waals surface area contributed by atoms with Crippen molar-refractivity contribution in [3.63, 3.8) is 0 Å². The molecule has 0 spiro atoms. The molecule has 24 heavy (non-hydrogen) atoms. The molecule has 2 rings (SSSR count). The number of carbonyl (C=O) groups excluding carboxylic acids is 1. The molecular formula is C17H27N3O3S. The first-order valence-corrected chi connectivity index (χ1v) is 9.70. The van der Waals surface area contributed by atoms with E-state index in [9.17, 15) is 13.2 Å².